The van der Waals surface area contributed by atoms with Crippen LogP contribution < -0.4 is 14.2 Å². The number of benzene rings is 1. The van der Waals surface area contributed by atoms with Gasteiger partial charge in [-0.1, -0.05) is 20.8 Å². The average molecular weight is 376 g/mol. The van der Waals surface area contributed by atoms with Crippen LogP contribution >= 0.6 is 0 Å². The SMILES string of the molecule is COc1cc(CO[C@H]2C[C@@H]3[C@H]4CC[C@@](C)([C@@H]3O2)C4(C)C)cc(OC)c1OC. The first kappa shape index (κ1) is 18.9. The number of rotatable bonds is 6. The fourth-order valence-electron chi connectivity index (χ4n) is 6.00. The Morgan fingerprint density at radius 3 is 2.26 bits per heavy atom. The van der Waals surface area contributed by atoms with Crippen LogP contribution in [0.15, 0.2) is 12.1 Å². The first-order valence-electron chi connectivity index (χ1n) is 9.91. The summed E-state index contributed by atoms with van der Waals surface area (Å²) in [4.78, 5) is 0. The highest BCUT2D eigenvalue weighted by atomic mass is 16.7. The van der Waals surface area contributed by atoms with E-state index in [0.717, 1.165) is 17.9 Å². The molecule has 4 rings (SSSR count). The first-order valence-corrected chi connectivity index (χ1v) is 9.91. The van der Waals surface area contributed by atoms with Crippen LogP contribution in [0.1, 0.15) is 45.6 Å². The molecule has 0 spiro atoms. The van der Waals surface area contributed by atoms with Crippen molar-refractivity contribution >= 4 is 0 Å². The van der Waals surface area contributed by atoms with Gasteiger partial charge in [-0.25, -0.2) is 0 Å². The summed E-state index contributed by atoms with van der Waals surface area (Å²) in [7, 11) is 4.86. The van der Waals surface area contributed by atoms with E-state index in [1.165, 1.54) is 12.8 Å². The normalized spacial score (nSPS) is 35.9. The topological polar surface area (TPSA) is 46.2 Å². The maximum atomic E-state index is 6.43. The third-order valence-corrected chi connectivity index (χ3v) is 7.83. The van der Waals surface area contributed by atoms with Crippen LogP contribution in [0.2, 0.25) is 0 Å². The lowest BCUT2D eigenvalue weighted by Gasteiger charge is -2.38. The quantitative estimate of drug-likeness (QED) is 0.736. The van der Waals surface area contributed by atoms with E-state index in [2.05, 4.69) is 20.8 Å². The second-order valence-electron chi connectivity index (χ2n) is 9.01. The van der Waals surface area contributed by atoms with E-state index in [0.29, 0.717) is 41.3 Å². The lowest BCUT2D eigenvalue weighted by atomic mass is 9.70. The van der Waals surface area contributed by atoms with Gasteiger partial charge < -0.3 is 23.7 Å². The molecular weight excluding hydrogens is 344 g/mol. The molecule has 5 atom stereocenters. The van der Waals surface area contributed by atoms with Gasteiger partial charge in [-0.15, -0.1) is 0 Å². The number of ether oxygens (including phenoxy) is 5. The summed E-state index contributed by atoms with van der Waals surface area (Å²) in [5.74, 6) is 3.27. The number of fused-ring (bicyclic) bond motifs is 5. The van der Waals surface area contributed by atoms with Crippen molar-refractivity contribution in [3.05, 3.63) is 17.7 Å². The zero-order valence-electron chi connectivity index (χ0n) is 17.3. The van der Waals surface area contributed by atoms with Crippen molar-refractivity contribution in [3.8, 4) is 17.2 Å². The summed E-state index contributed by atoms with van der Waals surface area (Å²) in [6.07, 6.45) is 3.80. The Morgan fingerprint density at radius 2 is 1.70 bits per heavy atom. The highest BCUT2D eigenvalue weighted by molar-refractivity contribution is 5.53. The van der Waals surface area contributed by atoms with Crippen LogP contribution in [0.5, 0.6) is 17.2 Å². The molecule has 1 saturated heterocycles. The zero-order chi connectivity index (χ0) is 19.4. The van der Waals surface area contributed by atoms with Crippen molar-refractivity contribution in [2.24, 2.45) is 22.7 Å². The number of hydrogen-bond donors (Lipinski definition) is 0. The standard InChI is InChI=1S/C22H32O5/c1-21(2)15-7-8-22(21,3)20-14(15)11-18(27-20)26-12-13-9-16(23-4)19(25-6)17(10-13)24-5/h9-10,14-15,18,20H,7-8,11-12H2,1-6H3/t14-,15-,18-,20-,22+/m1/s1. The molecule has 5 nitrogen and oxygen atoms in total. The van der Waals surface area contributed by atoms with E-state index in [-0.39, 0.29) is 11.7 Å². The molecule has 5 heteroatoms. The number of methoxy groups -OCH3 is 3. The molecule has 3 aliphatic rings. The van der Waals surface area contributed by atoms with Crippen molar-refractivity contribution in [2.75, 3.05) is 21.3 Å². The molecule has 0 amide bonds. The van der Waals surface area contributed by atoms with Crippen LogP contribution in [0.25, 0.3) is 0 Å². The molecule has 1 aromatic rings. The van der Waals surface area contributed by atoms with Crippen molar-refractivity contribution in [1.29, 1.82) is 0 Å². The minimum atomic E-state index is -0.130. The molecule has 2 aliphatic carbocycles. The third-order valence-electron chi connectivity index (χ3n) is 7.83. The summed E-state index contributed by atoms with van der Waals surface area (Å²) in [6.45, 7) is 7.74. The van der Waals surface area contributed by atoms with E-state index in [1.807, 2.05) is 12.1 Å². The van der Waals surface area contributed by atoms with E-state index in [4.69, 9.17) is 23.7 Å². The predicted molar refractivity (Wildman–Crippen MR) is 102 cm³/mol. The molecule has 3 fully saturated rings. The summed E-state index contributed by atoms with van der Waals surface area (Å²) >= 11 is 0. The van der Waals surface area contributed by atoms with Gasteiger partial charge >= 0.3 is 0 Å². The molecule has 0 radical (unpaired) electrons. The molecule has 150 valence electrons. The van der Waals surface area contributed by atoms with Crippen molar-refractivity contribution in [2.45, 2.75) is 59.0 Å². The Bertz CT molecular complexity index is 690. The van der Waals surface area contributed by atoms with Gasteiger partial charge in [0.2, 0.25) is 5.75 Å². The van der Waals surface area contributed by atoms with Crippen LogP contribution in [-0.4, -0.2) is 33.7 Å². The summed E-state index contributed by atoms with van der Waals surface area (Å²) in [5, 5.41) is 0. The Labute approximate surface area is 162 Å². The van der Waals surface area contributed by atoms with Crippen LogP contribution in [-0.2, 0) is 16.1 Å². The molecule has 0 unspecified atom stereocenters. The van der Waals surface area contributed by atoms with Gasteiger partial charge in [0.15, 0.2) is 17.8 Å². The van der Waals surface area contributed by atoms with E-state index in [9.17, 15) is 0 Å². The second-order valence-corrected chi connectivity index (χ2v) is 9.01. The molecule has 1 heterocycles. The van der Waals surface area contributed by atoms with Crippen LogP contribution in [0.4, 0.5) is 0 Å². The average Bonchev–Trinajstić information content (AvgIpc) is 3.23. The Morgan fingerprint density at radius 1 is 1.04 bits per heavy atom. The first-order chi connectivity index (χ1) is 12.9. The minimum Gasteiger partial charge on any atom is -0.493 e. The van der Waals surface area contributed by atoms with Crippen LogP contribution in [0.3, 0.4) is 0 Å². The Balaban J connectivity index is 1.44. The van der Waals surface area contributed by atoms with Gasteiger partial charge in [0.25, 0.3) is 0 Å². The lowest BCUT2D eigenvalue weighted by molar-refractivity contribution is -0.169. The fourth-order valence-corrected chi connectivity index (χ4v) is 6.00. The lowest BCUT2D eigenvalue weighted by Crippen LogP contribution is -2.37. The molecule has 2 saturated carbocycles. The predicted octanol–water partition coefficient (Wildman–Crippen LogP) is 4.42. The van der Waals surface area contributed by atoms with E-state index in [1.54, 1.807) is 21.3 Å². The largest absolute Gasteiger partial charge is 0.493 e. The van der Waals surface area contributed by atoms with Gasteiger partial charge in [-0.2, -0.15) is 0 Å². The second kappa shape index (κ2) is 6.56. The molecule has 0 aromatic heterocycles. The Kier molecular flexibility index (Phi) is 4.59. The summed E-state index contributed by atoms with van der Waals surface area (Å²) in [5.41, 5.74) is 1.62. The molecule has 1 aliphatic heterocycles. The monoisotopic (exact) mass is 376 g/mol. The zero-order valence-corrected chi connectivity index (χ0v) is 17.3. The molecule has 27 heavy (non-hydrogen) atoms. The smallest absolute Gasteiger partial charge is 0.203 e. The highest BCUT2D eigenvalue weighted by Crippen LogP contribution is 2.71. The maximum Gasteiger partial charge on any atom is 0.203 e. The highest BCUT2D eigenvalue weighted by Gasteiger charge is 2.69. The van der Waals surface area contributed by atoms with Crippen molar-refractivity contribution in [1.82, 2.24) is 0 Å². The van der Waals surface area contributed by atoms with Gasteiger partial charge in [-0.05, 0) is 53.2 Å². The summed E-state index contributed by atoms with van der Waals surface area (Å²) in [6, 6.07) is 3.87. The van der Waals surface area contributed by atoms with Gasteiger partial charge in [-0.3, -0.25) is 0 Å². The van der Waals surface area contributed by atoms with E-state index < -0.39 is 0 Å². The molecule has 1 aromatic carbocycles. The van der Waals surface area contributed by atoms with Gasteiger partial charge in [0, 0.05) is 6.42 Å². The number of hydrogen-bond acceptors (Lipinski definition) is 5. The van der Waals surface area contributed by atoms with Gasteiger partial charge in [0.1, 0.15) is 0 Å². The van der Waals surface area contributed by atoms with Crippen molar-refractivity contribution in [3.63, 3.8) is 0 Å². The maximum absolute atomic E-state index is 6.43. The summed E-state index contributed by atoms with van der Waals surface area (Å²) < 4.78 is 28.8. The fraction of sp³-hybridized carbons (Fsp3) is 0.727. The van der Waals surface area contributed by atoms with E-state index >= 15 is 0 Å². The van der Waals surface area contributed by atoms with Crippen molar-refractivity contribution < 1.29 is 23.7 Å². The van der Waals surface area contributed by atoms with Crippen LogP contribution in [0, 0.1) is 22.7 Å². The Hall–Kier alpha value is -1.46. The molecule has 2 bridgehead atoms. The third kappa shape index (κ3) is 2.65. The molecule has 0 N–H and O–H groups in total. The molecular formula is C22H32O5. The minimum absolute atomic E-state index is 0.130. The van der Waals surface area contributed by atoms with Gasteiger partial charge in [0.05, 0.1) is 34.0 Å².